The lowest BCUT2D eigenvalue weighted by atomic mass is 10.2. The van der Waals surface area contributed by atoms with E-state index in [9.17, 15) is 9.59 Å². The Morgan fingerprint density at radius 3 is 2.72 bits per heavy atom. The highest BCUT2D eigenvalue weighted by molar-refractivity contribution is 7.15. The Morgan fingerprint density at radius 2 is 2.04 bits per heavy atom. The Kier molecular flexibility index (Phi) is 7.39. The van der Waals surface area contributed by atoms with Crippen molar-refractivity contribution >= 4 is 80.9 Å². The van der Waals surface area contributed by atoms with E-state index in [1.165, 1.54) is 6.21 Å². The summed E-state index contributed by atoms with van der Waals surface area (Å²) in [4.78, 5) is 21.9. The molecule has 0 spiro atoms. The average Bonchev–Trinajstić information content (AvgIpc) is 2.96. The predicted octanol–water partition coefficient (Wildman–Crippen LogP) is 3.28. The summed E-state index contributed by atoms with van der Waals surface area (Å²) < 4.78 is 0. The second kappa shape index (κ2) is 9.30. The lowest BCUT2D eigenvalue weighted by molar-refractivity contribution is -0.120. The van der Waals surface area contributed by atoms with Crippen LogP contribution < -0.4 is 10.7 Å². The predicted molar refractivity (Wildman–Crippen MR) is 99.9 cm³/mol. The first-order valence-electron chi connectivity index (χ1n) is 6.53. The van der Waals surface area contributed by atoms with E-state index in [0.29, 0.717) is 20.6 Å². The first-order chi connectivity index (χ1) is 11.8. The molecule has 0 unspecified atom stereocenters. The van der Waals surface area contributed by atoms with Crippen molar-refractivity contribution in [2.24, 2.45) is 5.10 Å². The van der Waals surface area contributed by atoms with Crippen LogP contribution in [0.2, 0.25) is 10.0 Å². The van der Waals surface area contributed by atoms with E-state index >= 15 is 0 Å². The molecule has 1 aromatic heterocycles. The topological polar surface area (TPSA) is 96.3 Å². The van der Waals surface area contributed by atoms with Gasteiger partial charge < -0.3 is 0 Å². The van der Waals surface area contributed by atoms with Gasteiger partial charge in [0.05, 0.1) is 17.7 Å². The molecule has 1 aromatic carbocycles. The molecule has 0 aliphatic heterocycles. The summed E-state index contributed by atoms with van der Waals surface area (Å²) in [6.07, 6.45) is 1.33. The number of hydrogen-bond donors (Lipinski definition) is 2. The van der Waals surface area contributed by atoms with Crippen LogP contribution in [0.4, 0.5) is 5.13 Å². The van der Waals surface area contributed by atoms with Gasteiger partial charge in [0.25, 0.3) is 5.91 Å². The van der Waals surface area contributed by atoms with E-state index in [4.69, 9.17) is 46.4 Å². The number of carbonyl (C=O) groups is 2. The summed E-state index contributed by atoms with van der Waals surface area (Å²) in [5.41, 5.74) is 2.94. The molecule has 1 heterocycles. The summed E-state index contributed by atoms with van der Waals surface area (Å²) in [5.74, 6) is -1.04. The van der Waals surface area contributed by atoms with E-state index in [2.05, 4.69) is 26.0 Å². The first kappa shape index (κ1) is 19.9. The number of benzene rings is 1. The minimum absolute atomic E-state index is 0.0651. The molecule has 0 saturated heterocycles. The summed E-state index contributed by atoms with van der Waals surface area (Å²) in [6.45, 7) is 0. The van der Waals surface area contributed by atoms with Crippen molar-refractivity contribution in [2.45, 2.75) is 11.3 Å². The molecular formula is C13H9Cl4N5O2S. The zero-order valence-corrected chi connectivity index (χ0v) is 16.0. The van der Waals surface area contributed by atoms with Crippen molar-refractivity contribution in [3.63, 3.8) is 0 Å². The molecule has 0 atom stereocenters. The lowest BCUT2D eigenvalue weighted by Gasteiger charge is -1.99. The van der Waals surface area contributed by atoms with Gasteiger partial charge in [-0.25, -0.2) is 5.43 Å². The van der Waals surface area contributed by atoms with Gasteiger partial charge in [0.15, 0.2) is 4.84 Å². The van der Waals surface area contributed by atoms with Gasteiger partial charge >= 0.3 is 0 Å². The Bertz CT molecular complexity index is 811. The van der Waals surface area contributed by atoms with Gasteiger partial charge in [0.1, 0.15) is 5.01 Å². The molecule has 12 heteroatoms. The smallest absolute Gasteiger partial charge is 0.259 e. The number of hydrogen-bond acceptors (Lipinski definition) is 6. The molecule has 0 aliphatic rings. The van der Waals surface area contributed by atoms with Crippen LogP contribution in [0.15, 0.2) is 23.3 Å². The van der Waals surface area contributed by atoms with Crippen LogP contribution in [0.3, 0.4) is 0 Å². The van der Waals surface area contributed by atoms with Crippen LogP contribution in [0.25, 0.3) is 0 Å². The molecule has 0 radical (unpaired) electrons. The highest BCUT2D eigenvalue weighted by Gasteiger charge is 2.15. The molecule has 2 N–H and O–H groups in total. The number of hydrazone groups is 1. The number of nitrogens with one attached hydrogen (secondary N) is 2. The van der Waals surface area contributed by atoms with E-state index in [1.807, 2.05) is 0 Å². The molecule has 25 heavy (non-hydrogen) atoms. The number of alkyl halides is 2. The van der Waals surface area contributed by atoms with E-state index in [1.54, 1.807) is 18.2 Å². The van der Waals surface area contributed by atoms with Gasteiger partial charge in [-0.05, 0) is 12.1 Å². The van der Waals surface area contributed by atoms with E-state index in [0.717, 1.165) is 11.3 Å². The third-order valence-corrected chi connectivity index (χ3v) is 4.36. The lowest BCUT2D eigenvalue weighted by Crippen LogP contribution is -2.19. The van der Waals surface area contributed by atoms with E-state index < -0.39 is 16.7 Å². The second-order valence-corrected chi connectivity index (χ2v) is 7.43. The standard InChI is InChI=1S/C13H9Cl4N5O2S/c14-7-2-1-6(8(15)3-7)5-18-20-9(23)4-10-21-22-13(25-10)19-12(24)11(16)17/h1-3,5,11H,4H2,(H,20,23)(H,19,22,24)/b18-5-. The molecule has 2 amide bonds. The van der Waals surface area contributed by atoms with Crippen molar-refractivity contribution in [3.05, 3.63) is 38.8 Å². The second-order valence-electron chi connectivity index (χ2n) is 4.43. The molecule has 0 aliphatic carbocycles. The van der Waals surface area contributed by atoms with Crippen molar-refractivity contribution < 1.29 is 9.59 Å². The maximum Gasteiger partial charge on any atom is 0.259 e. The van der Waals surface area contributed by atoms with Crippen LogP contribution in [0, 0.1) is 0 Å². The third kappa shape index (κ3) is 6.41. The number of carbonyl (C=O) groups excluding carboxylic acids is 2. The molecule has 2 aromatic rings. The van der Waals surface area contributed by atoms with Crippen molar-refractivity contribution in [1.82, 2.24) is 15.6 Å². The van der Waals surface area contributed by atoms with Gasteiger partial charge in [-0.2, -0.15) is 5.10 Å². The van der Waals surface area contributed by atoms with Crippen molar-refractivity contribution in [2.75, 3.05) is 5.32 Å². The maximum atomic E-state index is 11.8. The number of halogens is 4. The van der Waals surface area contributed by atoms with Crippen LogP contribution in [0.1, 0.15) is 10.6 Å². The average molecular weight is 441 g/mol. The SMILES string of the molecule is O=C(Cc1nnc(NC(=O)C(Cl)Cl)s1)N/N=C\c1ccc(Cl)cc1Cl. The first-order valence-corrected chi connectivity index (χ1v) is 8.98. The number of anilines is 1. The van der Waals surface area contributed by atoms with Gasteiger partial charge in [-0.1, -0.05) is 63.8 Å². The van der Waals surface area contributed by atoms with Crippen LogP contribution >= 0.6 is 57.7 Å². The highest BCUT2D eigenvalue weighted by Crippen LogP contribution is 2.19. The number of amides is 2. The molecule has 0 fully saturated rings. The fraction of sp³-hybridized carbons (Fsp3) is 0.154. The van der Waals surface area contributed by atoms with E-state index in [-0.39, 0.29) is 11.6 Å². The quantitative estimate of drug-likeness (QED) is 0.409. The van der Waals surface area contributed by atoms with Gasteiger partial charge in [-0.3, -0.25) is 14.9 Å². The van der Waals surface area contributed by atoms with Crippen LogP contribution in [-0.2, 0) is 16.0 Å². The zero-order chi connectivity index (χ0) is 18.4. The fourth-order valence-corrected chi connectivity index (χ4v) is 2.80. The summed E-state index contributed by atoms with van der Waals surface area (Å²) >= 11 is 23.6. The molecular weight excluding hydrogens is 432 g/mol. The summed E-state index contributed by atoms with van der Waals surface area (Å²) in [5, 5.41) is 15.1. The fourth-order valence-electron chi connectivity index (χ4n) is 1.49. The Morgan fingerprint density at radius 1 is 1.28 bits per heavy atom. The van der Waals surface area contributed by atoms with Gasteiger partial charge in [-0.15, -0.1) is 10.2 Å². The Labute approximate surface area is 166 Å². The number of aromatic nitrogens is 2. The monoisotopic (exact) mass is 439 g/mol. The van der Waals surface area contributed by atoms with Crippen molar-refractivity contribution in [1.29, 1.82) is 0 Å². The molecule has 0 bridgehead atoms. The largest absolute Gasteiger partial charge is 0.298 e. The van der Waals surface area contributed by atoms with Crippen LogP contribution in [-0.4, -0.2) is 33.1 Å². The molecule has 0 saturated carbocycles. The molecule has 7 nitrogen and oxygen atoms in total. The summed E-state index contributed by atoms with van der Waals surface area (Å²) in [6, 6.07) is 4.89. The normalized spacial score (nSPS) is 11.1. The zero-order valence-electron chi connectivity index (χ0n) is 12.2. The van der Waals surface area contributed by atoms with Crippen molar-refractivity contribution in [3.8, 4) is 0 Å². The highest BCUT2D eigenvalue weighted by atomic mass is 35.5. The molecule has 132 valence electrons. The maximum absolute atomic E-state index is 11.8. The number of rotatable bonds is 6. The van der Waals surface area contributed by atoms with Gasteiger partial charge in [0, 0.05) is 10.6 Å². The third-order valence-electron chi connectivity index (χ3n) is 2.56. The Hall–Kier alpha value is -1.45. The summed E-state index contributed by atoms with van der Waals surface area (Å²) in [7, 11) is 0. The molecule has 2 rings (SSSR count). The minimum Gasteiger partial charge on any atom is -0.298 e. The van der Waals surface area contributed by atoms with Crippen LogP contribution in [0.5, 0.6) is 0 Å². The van der Waals surface area contributed by atoms with Gasteiger partial charge in [0.2, 0.25) is 11.0 Å². The minimum atomic E-state index is -1.22. The number of nitrogens with zero attached hydrogens (tertiary/aromatic N) is 3. The Balaban J connectivity index is 1.87.